The van der Waals surface area contributed by atoms with Crippen LogP contribution in [0.4, 0.5) is 5.88 Å². The second kappa shape index (κ2) is 5.25. The number of nitrogens with two attached hydrogens (primary N) is 1. The second-order valence-electron chi connectivity index (χ2n) is 4.69. The van der Waals surface area contributed by atoms with Crippen molar-refractivity contribution >= 4 is 5.88 Å². The molecule has 0 saturated carbocycles. The van der Waals surface area contributed by atoms with Gasteiger partial charge < -0.3 is 10.3 Å². The quantitative estimate of drug-likeness (QED) is 0.879. The van der Waals surface area contributed by atoms with Crippen LogP contribution >= 0.6 is 0 Å². The molecule has 0 aliphatic rings. The highest BCUT2D eigenvalue weighted by Gasteiger charge is 2.21. The Hall–Kier alpha value is -1.77. The van der Waals surface area contributed by atoms with Crippen molar-refractivity contribution in [3.05, 3.63) is 35.5 Å². The molecule has 0 saturated heterocycles. The van der Waals surface area contributed by atoms with Gasteiger partial charge >= 0.3 is 0 Å². The summed E-state index contributed by atoms with van der Waals surface area (Å²) in [5.74, 6) is 0.823. The Labute approximate surface area is 108 Å². The highest BCUT2D eigenvalue weighted by atomic mass is 16.5. The Morgan fingerprint density at radius 3 is 2.61 bits per heavy atom. The van der Waals surface area contributed by atoms with Crippen LogP contribution in [-0.2, 0) is 0 Å². The molecule has 0 aliphatic heterocycles. The molecule has 3 heteroatoms. The van der Waals surface area contributed by atoms with Gasteiger partial charge in [-0.15, -0.1) is 0 Å². The summed E-state index contributed by atoms with van der Waals surface area (Å²) in [5, 5.41) is 4.16. The number of rotatable bonds is 4. The molecule has 0 radical (unpaired) electrons. The number of aromatic nitrogens is 1. The standard InChI is InChI=1S/C15H20N2O/c1-4-11(5-2)14-13(15(16)18-17-14)12-8-6-7-10(3)9-12/h6-9,11H,4-5,16H2,1-3H3. The van der Waals surface area contributed by atoms with E-state index in [-0.39, 0.29) is 0 Å². The van der Waals surface area contributed by atoms with E-state index in [2.05, 4.69) is 44.1 Å². The summed E-state index contributed by atoms with van der Waals surface area (Å²) < 4.78 is 5.20. The minimum absolute atomic E-state index is 0.404. The zero-order valence-corrected chi connectivity index (χ0v) is 11.2. The largest absolute Gasteiger partial charge is 0.367 e. The lowest BCUT2D eigenvalue weighted by Crippen LogP contribution is -1.99. The first-order chi connectivity index (χ1) is 8.67. The highest BCUT2D eigenvalue weighted by molar-refractivity contribution is 5.75. The first-order valence-electron chi connectivity index (χ1n) is 6.49. The van der Waals surface area contributed by atoms with E-state index in [9.17, 15) is 0 Å². The molecule has 1 aromatic carbocycles. The molecule has 0 bridgehead atoms. The van der Waals surface area contributed by atoms with Gasteiger partial charge in [0.15, 0.2) is 0 Å². The normalized spacial score (nSPS) is 11.1. The van der Waals surface area contributed by atoms with E-state index in [4.69, 9.17) is 10.3 Å². The lowest BCUT2D eigenvalue weighted by atomic mass is 9.92. The molecular weight excluding hydrogens is 224 g/mol. The third-order valence-corrected chi connectivity index (χ3v) is 3.42. The van der Waals surface area contributed by atoms with Gasteiger partial charge in [0.05, 0.1) is 11.3 Å². The Morgan fingerprint density at radius 2 is 2.00 bits per heavy atom. The average molecular weight is 244 g/mol. The summed E-state index contributed by atoms with van der Waals surface area (Å²) in [7, 11) is 0. The number of nitrogen functional groups attached to an aromatic ring is 1. The number of aryl methyl sites for hydroxylation is 1. The molecule has 0 spiro atoms. The number of anilines is 1. The van der Waals surface area contributed by atoms with Gasteiger partial charge in [-0.2, -0.15) is 0 Å². The maximum Gasteiger partial charge on any atom is 0.230 e. The van der Waals surface area contributed by atoms with Crippen molar-refractivity contribution in [2.24, 2.45) is 0 Å². The van der Waals surface area contributed by atoms with Gasteiger partial charge in [0.2, 0.25) is 5.88 Å². The molecule has 0 unspecified atom stereocenters. The van der Waals surface area contributed by atoms with Crippen molar-refractivity contribution in [1.29, 1.82) is 0 Å². The number of nitrogens with zero attached hydrogens (tertiary/aromatic N) is 1. The summed E-state index contributed by atoms with van der Waals surface area (Å²) >= 11 is 0. The monoisotopic (exact) mass is 244 g/mol. The summed E-state index contributed by atoms with van der Waals surface area (Å²) in [5.41, 5.74) is 10.2. The molecule has 3 nitrogen and oxygen atoms in total. The van der Waals surface area contributed by atoms with Crippen molar-refractivity contribution in [1.82, 2.24) is 5.16 Å². The van der Waals surface area contributed by atoms with Crippen LogP contribution in [0.15, 0.2) is 28.8 Å². The molecule has 1 heterocycles. The molecule has 2 N–H and O–H groups in total. The van der Waals surface area contributed by atoms with E-state index in [0.29, 0.717) is 11.8 Å². The molecule has 0 atom stereocenters. The summed E-state index contributed by atoms with van der Waals surface area (Å²) in [6.45, 7) is 6.40. The maximum absolute atomic E-state index is 5.94. The van der Waals surface area contributed by atoms with Gasteiger partial charge in [0.25, 0.3) is 0 Å². The van der Waals surface area contributed by atoms with Crippen molar-refractivity contribution in [2.75, 3.05) is 5.73 Å². The molecule has 96 valence electrons. The van der Waals surface area contributed by atoms with Crippen LogP contribution in [0.3, 0.4) is 0 Å². The Morgan fingerprint density at radius 1 is 1.28 bits per heavy atom. The molecule has 0 aliphatic carbocycles. The van der Waals surface area contributed by atoms with E-state index in [1.165, 1.54) is 5.56 Å². The highest BCUT2D eigenvalue weighted by Crippen LogP contribution is 2.36. The van der Waals surface area contributed by atoms with E-state index < -0.39 is 0 Å². The molecule has 0 fully saturated rings. The van der Waals surface area contributed by atoms with Crippen LogP contribution in [0.1, 0.15) is 43.9 Å². The fourth-order valence-corrected chi connectivity index (χ4v) is 2.36. The number of hydrogen-bond donors (Lipinski definition) is 1. The molecule has 2 aromatic rings. The third-order valence-electron chi connectivity index (χ3n) is 3.42. The van der Waals surface area contributed by atoms with Gasteiger partial charge in [0.1, 0.15) is 0 Å². The van der Waals surface area contributed by atoms with Crippen LogP contribution in [0, 0.1) is 6.92 Å². The molecule has 18 heavy (non-hydrogen) atoms. The van der Waals surface area contributed by atoms with Gasteiger partial charge in [-0.1, -0.05) is 48.8 Å². The predicted octanol–water partition coefficient (Wildman–Crippen LogP) is 4.14. The van der Waals surface area contributed by atoms with E-state index in [1.54, 1.807) is 0 Å². The summed E-state index contributed by atoms with van der Waals surface area (Å²) in [4.78, 5) is 0. The van der Waals surface area contributed by atoms with E-state index in [0.717, 1.165) is 29.7 Å². The minimum atomic E-state index is 0.404. The van der Waals surface area contributed by atoms with Crippen molar-refractivity contribution in [2.45, 2.75) is 39.5 Å². The van der Waals surface area contributed by atoms with Gasteiger partial charge in [-0.05, 0) is 25.3 Å². The Kier molecular flexibility index (Phi) is 3.70. The smallest absolute Gasteiger partial charge is 0.230 e. The first-order valence-corrected chi connectivity index (χ1v) is 6.49. The number of hydrogen-bond acceptors (Lipinski definition) is 3. The first kappa shape index (κ1) is 12.7. The zero-order chi connectivity index (χ0) is 13.1. The Bertz CT molecular complexity index is 527. The van der Waals surface area contributed by atoms with Crippen molar-refractivity contribution < 1.29 is 4.52 Å². The molecule has 2 rings (SSSR count). The van der Waals surface area contributed by atoms with Crippen LogP contribution < -0.4 is 5.73 Å². The van der Waals surface area contributed by atoms with Crippen LogP contribution in [0.5, 0.6) is 0 Å². The van der Waals surface area contributed by atoms with Gasteiger partial charge in [-0.3, -0.25) is 0 Å². The van der Waals surface area contributed by atoms with Crippen LogP contribution in [-0.4, -0.2) is 5.16 Å². The zero-order valence-electron chi connectivity index (χ0n) is 11.2. The average Bonchev–Trinajstić information content (AvgIpc) is 2.73. The molecule has 0 amide bonds. The summed E-state index contributed by atoms with van der Waals surface area (Å²) in [6, 6.07) is 8.29. The molecular formula is C15H20N2O. The third kappa shape index (κ3) is 2.26. The Balaban J connectivity index is 2.53. The van der Waals surface area contributed by atoms with Gasteiger partial charge in [-0.25, -0.2) is 0 Å². The fraction of sp³-hybridized carbons (Fsp3) is 0.400. The summed E-state index contributed by atoms with van der Waals surface area (Å²) in [6.07, 6.45) is 2.09. The number of benzene rings is 1. The lowest BCUT2D eigenvalue weighted by molar-refractivity contribution is 0.416. The fourth-order valence-electron chi connectivity index (χ4n) is 2.36. The topological polar surface area (TPSA) is 52.0 Å². The van der Waals surface area contributed by atoms with Crippen molar-refractivity contribution in [3.8, 4) is 11.1 Å². The van der Waals surface area contributed by atoms with Gasteiger partial charge in [0, 0.05) is 5.92 Å². The van der Waals surface area contributed by atoms with Crippen LogP contribution in [0.25, 0.3) is 11.1 Å². The predicted molar refractivity (Wildman–Crippen MR) is 74.4 cm³/mol. The molecule has 1 aromatic heterocycles. The lowest BCUT2D eigenvalue weighted by Gasteiger charge is -2.11. The van der Waals surface area contributed by atoms with Crippen molar-refractivity contribution in [3.63, 3.8) is 0 Å². The van der Waals surface area contributed by atoms with E-state index in [1.807, 2.05) is 6.07 Å². The SMILES string of the molecule is CCC(CC)c1noc(N)c1-c1cccc(C)c1. The second-order valence-corrected chi connectivity index (χ2v) is 4.69. The minimum Gasteiger partial charge on any atom is -0.367 e. The van der Waals surface area contributed by atoms with Crippen LogP contribution in [0.2, 0.25) is 0 Å². The maximum atomic E-state index is 5.94. The van der Waals surface area contributed by atoms with E-state index >= 15 is 0 Å².